The number of carbonyl (C=O) groups excluding carboxylic acids is 1. The Morgan fingerprint density at radius 2 is 2.39 bits per heavy atom. The molecule has 1 fully saturated rings. The van der Waals surface area contributed by atoms with E-state index in [9.17, 15) is 4.79 Å². The van der Waals surface area contributed by atoms with Crippen molar-refractivity contribution in [3.8, 4) is 0 Å². The Hall–Kier alpha value is -1.13. The zero-order valence-corrected chi connectivity index (χ0v) is 11.2. The number of pyridine rings is 1. The molecule has 4 nitrogen and oxygen atoms in total. The Balaban J connectivity index is 1.72. The van der Waals surface area contributed by atoms with Crippen molar-refractivity contribution in [2.45, 2.75) is 19.8 Å². The molecule has 2 rings (SSSR count). The second kappa shape index (κ2) is 6.16. The fraction of sp³-hybridized carbons (Fsp3) is 0.538. The lowest BCUT2D eigenvalue weighted by molar-refractivity contribution is 0.0906. The average molecular weight is 269 g/mol. The predicted molar refractivity (Wildman–Crippen MR) is 69.9 cm³/mol. The fourth-order valence-corrected chi connectivity index (χ4v) is 1.85. The van der Waals surface area contributed by atoms with Crippen molar-refractivity contribution in [1.82, 2.24) is 10.3 Å². The molecule has 98 valence electrons. The normalized spacial score (nSPS) is 14.6. The summed E-state index contributed by atoms with van der Waals surface area (Å²) in [6.07, 6.45) is 4.05. The highest BCUT2D eigenvalue weighted by Gasteiger charge is 2.20. The molecule has 0 saturated heterocycles. The number of nitrogens with zero attached hydrogens (tertiary/aromatic N) is 1. The van der Waals surface area contributed by atoms with E-state index in [0.29, 0.717) is 23.7 Å². The molecular weight excluding hydrogens is 252 g/mol. The minimum atomic E-state index is -0.206. The molecule has 1 heterocycles. The van der Waals surface area contributed by atoms with Crippen LogP contribution in [0, 0.1) is 12.8 Å². The molecule has 0 unspecified atom stereocenters. The first-order valence-corrected chi connectivity index (χ1v) is 6.52. The molecule has 1 aromatic heterocycles. The molecule has 0 radical (unpaired) electrons. The zero-order valence-electron chi connectivity index (χ0n) is 10.4. The second-order valence-corrected chi connectivity index (χ2v) is 4.99. The van der Waals surface area contributed by atoms with Gasteiger partial charge in [-0.05, 0) is 31.7 Å². The third kappa shape index (κ3) is 3.96. The van der Waals surface area contributed by atoms with Crippen LogP contribution in [-0.4, -0.2) is 30.6 Å². The number of rotatable bonds is 6. The highest BCUT2D eigenvalue weighted by molar-refractivity contribution is 6.33. The first-order chi connectivity index (χ1) is 8.66. The predicted octanol–water partition coefficient (Wildman–Crippen LogP) is 2.20. The van der Waals surface area contributed by atoms with E-state index in [2.05, 4.69) is 10.3 Å². The van der Waals surface area contributed by atoms with Crippen molar-refractivity contribution >= 4 is 17.5 Å². The number of carbonyl (C=O) groups is 1. The van der Waals surface area contributed by atoms with E-state index in [4.69, 9.17) is 16.3 Å². The minimum absolute atomic E-state index is 0.206. The number of amides is 1. The maximum Gasteiger partial charge on any atom is 0.254 e. The maximum atomic E-state index is 11.8. The fourth-order valence-electron chi connectivity index (χ4n) is 1.56. The number of hydrogen-bond donors (Lipinski definition) is 1. The first-order valence-electron chi connectivity index (χ1n) is 6.15. The van der Waals surface area contributed by atoms with Crippen molar-refractivity contribution in [2.75, 3.05) is 19.8 Å². The molecule has 0 spiro atoms. The summed E-state index contributed by atoms with van der Waals surface area (Å²) in [7, 11) is 0. The maximum absolute atomic E-state index is 11.8. The summed E-state index contributed by atoms with van der Waals surface area (Å²) < 4.78 is 5.43. The van der Waals surface area contributed by atoms with Gasteiger partial charge in [0.15, 0.2) is 0 Å². The van der Waals surface area contributed by atoms with Gasteiger partial charge in [-0.1, -0.05) is 11.6 Å². The van der Waals surface area contributed by atoms with Crippen LogP contribution in [0.25, 0.3) is 0 Å². The number of hydrogen-bond acceptors (Lipinski definition) is 3. The van der Waals surface area contributed by atoms with Crippen molar-refractivity contribution in [1.29, 1.82) is 0 Å². The van der Waals surface area contributed by atoms with E-state index in [1.807, 2.05) is 6.92 Å². The SMILES string of the molecule is Cc1cc(Cl)c(C(=O)NCCOCC2CC2)cn1. The molecule has 5 heteroatoms. The van der Waals surface area contributed by atoms with Gasteiger partial charge in [-0.2, -0.15) is 0 Å². The van der Waals surface area contributed by atoms with Gasteiger partial charge in [0.1, 0.15) is 0 Å². The molecule has 18 heavy (non-hydrogen) atoms. The summed E-state index contributed by atoms with van der Waals surface area (Å²) >= 11 is 5.98. The first kappa shape index (κ1) is 13.3. The number of ether oxygens (including phenoxy) is 1. The third-order valence-corrected chi connectivity index (χ3v) is 3.13. The molecule has 1 N–H and O–H groups in total. The summed E-state index contributed by atoms with van der Waals surface area (Å²) in [5.74, 6) is 0.541. The largest absolute Gasteiger partial charge is 0.379 e. The van der Waals surface area contributed by atoms with Crippen LogP contribution < -0.4 is 5.32 Å². The van der Waals surface area contributed by atoms with E-state index < -0.39 is 0 Å². The van der Waals surface area contributed by atoms with Gasteiger partial charge in [0, 0.05) is 25.0 Å². The van der Waals surface area contributed by atoms with Crippen LogP contribution in [0.5, 0.6) is 0 Å². The standard InChI is InChI=1S/C13H17ClN2O2/c1-9-6-12(14)11(7-16-9)13(17)15-4-5-18-8-10-2-3-10/h6-7,10H,2-5,8H2,1H3,(H,15,17). The van der Waals surface area contributed by atoms with Crippen LogP contribution in [0.15, 0.2) is 12.3 Å². The Morgan fingerprint density at radius 1 is 1.61 bits per heavy atom. The monoisotopic (exact) mass is 268 g/mol. The zero-order chi connectivity index (χ0) is 13.0. The lowest BCUT2D eigenvalue weighted by Gasteiger charge is -2.07. The van der Waals surface area contributed by atoms with Gasteiger partial charge in [0.2, 0.25) is 0 Å². The summed E-state index contributed by atoms with van der Waals surface area (Å²) in [6, 6.07) is 1.68. The lowest BCUT2D eigenvalue weighted by Crippen LogP contribution is -2.27. The number of nitrogens with one attached hydrogen (secondary N) is 1. The Bertz CT molecular complexity index is 433. The minimum Gasteiger partial charge on any atom is -0.379 e. The van der Waals surface area contributed by atoms with Crippen molar-refractivity contribution in [3.05, 3.63) is 28.5 Å². The molecule has 0 aromatic carbocycles. The number of aryl methyl sites for hydroxylation is 1. The second-order valence-electron chi connectivity index (χ2n) is 4.58. The molecule has 1 saturated carbocycles. The Labute approximate surface area is 112 Å². The molecule has 0 aliphatic heterocycles. The van der Waals surface area contributed by atoms with Crippen LogP contribution >= 0.6 is 11.6 Å². The third-order valence-electron chi connectivity index (χ3n) is 2.82. The molecule has 1 aliphatic rings. The van der Waals surface area contributed by atoms with E-state index in [1.54, 1.807) is 6.07 Å². The topological polar surface area (TPSA) is 51.2 Å². The van der Waals surface area contributed by atoms with E-state index in [-0.39, 0.29) is 5.91 Å². The van der Waals surface area contributed by atoms with E-state index >= 15 is 0 Å². The van der Waals surface area contributed by atoms with E-state index in [0.717, 1.165) is 18.2 Å². The van der Waals surface area contributed by atoms with Crippen LogP contribution in [0.3, 0.4) is 0 Å². The number of aromatic nitrogens is 1. The van der Waals surface area contributed by atoms with Crippen molar-refractivity contribution in [3.63, 3.8) is 0 Å². The van der Waals surface area contributed by atoms with Crippen LogP contribution in [0.4, 0.5) is 0 Å². The molecule has 0 bridgehead atoms. The van der Waals surface area contributed by atoms with E-state index in [1.165, 1.54) is 19.0 Å². The van der Waals surface area contributed by atoms with Gasteiger partial charge in [-0.25, -0.2) is 0 Å². The summed E-state index contributed by atoms with van der Waals surface area (Å²) in [5, 5.41) is 3.19. The average Bonchev–Trinajstić information content (AvgIpc) is 3.12. The van der Waals surface area contributed by atoms with Crippen LogP contribution in [0.2, 0.25) is 5.02 Å². The summed E-state index contributed by atoms with van der Waals surface area (Å²) in [6.45, 7) is 3.68. The molecule has 1 amide bonds. The Kier molecular flexibility index (Phi) is 4.55. The van der Waals surface area contributed by atoms with Crippen molar-refractivity contribution in [2.24, 2.45) is 5.92 Å². The van der Waals surface area contributed by atoms with Crippen molar-refractivity contribution < 1.29 is 9.53 Å². The van der Waals surface area contributed by atoms with Crippen LogP contribution in [0.1, 0.15) is 28.9 Å². The van der Waals surface area contributed by atoms with Gasteiger partial charge in [0.05, 0.1) is 17.2 Å². The van der Waals surface area contributed by atoms with Gasteiger partial charge in [0.25, 0.3) is 5.91 Å². The highest BCUT2D eigenvalue weighted by atomic mass is 35.5. The molecule has 1 aromatic rings. The lowest BCUT2D eigenvalue weighted by atomic mass is 10.2. The summed E-state index contributed by atoms with van der Waals surface area (Å²) in [5.41, 5.74) is 1.20. The van der Waals surface area contributed by atoms with Gasteiger partial charge in [-0.3, -0.25) is 9.78 Å². The Morgan fingerprint density at radius 3 is 3.06 bits per heavy atom. The van der Waals surface area contributed by atoms with Gasteiger partial charge >= 0.3 is 0 Å². The number of halogens is 1. The summed E-state index contributed by atoms with van der Waals surface area (Å²) in [4.78, 5) is 15.9. The van der Waals surface area contributed by atoms with Gasteiger partial charge in [-0.15, -0.1) is 0 Å². The van der Waals surface area contributed by atoms with Crippen LogP contribution in [-0.2, 0) is 4.74 Å². The molecular formula is C13H17ClN2O2. The highest BCUT2D eigenvalue weighted by Crippen LogP contribution is 2.28. The smallest absolute Gasteiger partial charge is 0.254 e. The van der Waals surface area contributed by atoms with Gasteiger partial charge < -0.3 is 10.1 Å². The quantitative estimate of drug-likeness (QED) is 0.805. The molecule has 1 aliphatic carbocycles. The molecule has 0 atom stereocenters.